The van der Waals surface area contributed by atoms with Gasteiger partial charge in [-0.15, -0.1) is 0 Å². The van der Waals surface area contributed by atoms with Gasteiger partial charge in [-0.2, -0.15) is 0 Å². The van der Waals surface area contributed by atoms with E-state index in [1.54, 1.807) is 15.0 Å². The Morgan fingerprint density at radius 1 is 0.636 bits per heavy atom. The van der Waals surface area contributed by atoms with Gasteiger partial charge in [-0.05, 0) is 0 Å². The topological polar surface area (TPSA) is 98.6 Å². The number of aromatic amines is 3. The third-order valence-corrected chi connectivity index (χ3v) is 0.681. The Labute approximate surface area is 145 Å². The van der Waals surface area contributed by atoms with E-state index in [0.717, 1.165) is 0 Å². The molecule has 0 aromatic carbocycles. The van der Waals surface area contributed by atoms with E-state index in [4.69, 9.17) is 0 Å². The number of rotatable bonds is 0. The van der Waals surface area contributed by atoms with Crippen molar-refractivity contribution in [2.75, 3.05) is 0 Å². The second-order valence-corrected chi connectivity index (χ2v) is 1.36. The fraction of sp³-hybridized carbons (Fsp3) is 0. The van der Waals surface area contributed by atoms with Crippen LogP contribution in [0.5, 0.6) is 0 Å². The van der Waals surface area contributed by atoms with Crippen LogP contribution in [0.4, 0.5) is 0 Å². The molecule has 0 bridgehead atoms. The molecule has 0 aliphatic carbocycles. The molecule has 0 aliphatic heterocycles. The van der Waals surface area contributed by atoms with Crippen LogP contribution in [-0.4, -0.2) is 118 Å². The molecule has 1 aromatic heterocycles. The first-order valence-corrected chi connectivity index (χ1v) is 2.11. The predicted molar refractivity (Wildman–Crippen MR) is 39.8 cm³/mol. The van der Waals surface area contributed by atoms with E-state index in [2.05, 4.69) is 0 Å². The number of H-pyrrole nitrogens is 3. The van der Waals surface area contributed by atoms with Crippen molar-refractivity contribution in [2.24, 2.45) is 0 Å². The zero-order valence-electron chi connectivity index (χ0n) is 6.22. The fourth-order valence-corrected chi connectivity index (χ4v) is 0.403. The molecule has 3 N–H and O–H groups in total. The Morgan fingerprint density at radius 3 is 1.00 bits per heavy atom. The van der Waals surface area contributed by atoms with Crippen LogP contribution in [-0.2, 0) is 0 Å². The summed E-state index contributed by atoms with van der Waals surface area (Å²) >= 11 is 0. The normalized spacial score (nSPS) is 7.64. The first kappa shape index (κ1) is 15.2. The molecular formula is C3H3K2N3O3. The van der Waals surface area contributed by atoms with E-state index in [9.17, 15) is 14.4 Å². The molecular weight excluding hydrogens is 204 g/mol. The van der Waals surface area contributed by atoms with Gasteiger partial charge in [0.05, 0.1) is 0 Å². The average molecular weight is 207 g/mol. The van der Waals surface area contributed by atoms with Crippen molar-refractivity contribution in [3.8, 4) is 0 Å². The van der Waals surface area contributed by atoms with Crippen molar-refractivity contribution in [2.45, 2.75) is 0 Å². The third kappa shape index (κ3) is 5.85. The number of aromatic nitrogens is 3. The van der Waals surface area contributed by atoms with E-state index < -0.39 is 17.1 Å². The first-order valence-electron chi connectivity index (χ1n) is 2.11. The van der Waals surface area contributed by atoms with Gasteiger partial charge in [0.1, 0.15) is 0 Å². The third-order valence-electron chi connectivity index (χ3n) is 0.681. The summed E-state index contributed by atoms with van der Waals surface area (Å²) in [6, 6.07) is 0. The first-order chi connectivity index (χ1) is 4.18. The van der Waals surface area contributed by atoms with Gasteiger partial charge in [0.15, 0.2) is 0 Å². The standard InChI is InChI=1S/C3H3N3O3.2K/c7-1-4-2(8)6-3(9)5-1;;/h(H3,4,5,6,7,8,9);;. The van der Waals surface area contributed by atoms with E-state index in [1.807, 2.05) is 0 Å². The van der Waals surface area contributed by atoms with E-state index in [0.29, 0.717) is 0 Å². The second kappa shape index (κ2) is 7.12. The molecule has 0 spiro atoms. The number of hydrogen-bond acceptors (Lipinski definition) is 3. The van der Waals surface area contributed by atoms with Crippen LogP contribution in [0.15, 0.2) is 14.4 Å². The van der Waals surface area contributed by atoms with Crippen LogP contribution in [0.1, 0.15) is 0 Å². The minimum atomic E-state index is -0.802. The molecule has 1 aromatic rings. The smallest absolute Gasteiger partial charge is 0.259 e. The molecule has 8 heteroatoms. The average Bonchev–Trinajstić information content (AvgIpc) is 1.59. The van der Waals surface area contributed by atoms with Crippen LogP contribution in [0.3, 0.4) is 0 Å². The molecule has 0 amide bonds. The molecule has 0 unspecified atom stereocenters. The number of hydrogen-bond donors (Lipinski definition) is 3. The summed E-state index contributed by atoms with van der Waals surface area (Å²) in [6.07, 6.45) is 0. The van der Waals surface area contributed by atoms with Crippen LogP contribution in [0.25, 0.3) is 0 Å². The SMILES string of the molecule is O=c1[nH]c(=O)[nH]c(=O)[nH]1.[K].[K]. The quantitative estimate of drug-likeness (QED) is 0.395. The van der Waals surface area contributed by atoms with Gasteiger partial charge in [-0.25, -0.2) is 14.4 Å². The summed E-state index contributed by atoms with van der Waals surface area (Å²) in [5, 5.41) is 0. The van der Waals surface area contributed by atoms with E-state index in [1.165, 1.54) is 0 Å². The molecule has 0 saturated heterocycles. The van der Waals surface area contributed by atoms with Crippen molar-refractivity contribution in [1.29, 1.82) is 0 Å². The summed E-state index contributed by atoms with van der Waals surface area (Å²) in [5.41, 5.74) is -2.41. The number of nitrogens with one attached hydrogen (secondary N) is 3. The zero-order valence-corrected chi connectivity index (χ0v) is 12.5. The zero-order chi connectivity index (χ0) is 6.85. The second-order valence-electron chi connectivity index (χ2n) is 1.36. The van der Waals surface area contributed by atoms with Gasteiger partial charge in [0.25, 0.3) is 0 Å². The minimum Gasteiger partial charge on any atom is -0.259 e. The van der Waals surface area contributed by atoms with Crippen LogP contribution >= 0.6 is 0 Å². The summed E-state index contributed by atoms with van der Waals surface area (Å²) < 4.78 is 0. The largest absolute Gasteiger partial charge is 0.330 e. The summed E-state index contributed by atoms with van der Waals surface area (Å²) in [5.74, 6) is 0. The Bertz CT molecular complexity index is 284. The van der Waals surface area contributed by atoms with Crippen molar-refractivity contribution >= 4 is 103 Å². The monoisotopic (exact) mass is 207 g/mol. The molecule has 0 saturated carbocycles. The van der Waals surface area contributed by atoms with E-state index >= 15 is 0 Å². The van der Waals surface area contributed by atoms with Gasteiger partial charge >= 0.3 is 17.1 Å². The summed E-state index contributed by atoms with van der Waals surface area (Å²) in [6.45, 7) is 0. The van der Waals surface area contributed by atoms with Gasteiger partial charge in [0, 0.05) is 103 Å². The summed E-state index contributed by atoms with van der Waals surface area (Å²) in [4.78, 5) is 35.9. The molecule has 0 fully saturated rings. The maximum atomic E-state index is 10.2. The van der Waals surface area contributed by atoms with Crippen LogP contribution in [0.2, 0.25) is 0 Å². The Hall–Kier alpha value is 1.68. The van der Waals surface area contributed by atoms with Crippen LogP contribution < -0.4 is 17.1 Å². The van der Waals surface area contributed by atoms with E-state index in [-0.39, 0.29) is 103 Å². The molecule has 50 valence electrons. The van der Waals surface area contributed by atoms with Gasteiger partial charge in [-0.1, -0.05) is 0 Å². The molecule has 11 heavy (non-hydrogen) atoms. The van der Waals surface area contributed by atoms with Gasteiger partial charge in [0.2, 0.25) is 0 Å². The Morgan fingerprint density at radius 2 is 0.818 bits per heavy atom. The fourth-order valence-electron chi connectivity index (χ4n) is 0.403. The molecule has 6 nitrogen and oxygen atoms in total. The minimum absolute atomic E-state index is 0. The summed E-state index contributed by atoms with van der Waals surface area (Å²) in [7, 11) is 0. The molecule has 0 atom stereocenters. The van der Waals surface area contributed by atoms with Crippen molar-refractivity contribution in [3.63, 3.8) is 0 Å². The van der Waals surface area contributed by atoms with Gasteiger partial charge in [-0.3, -0.25) is 15.0 Å². The molecule has 1 rings (SSSR count). The van der Waals surface area contributed by atoms with Crippen molar-refractivity contribution in [3.05, 3.63) is 31.5 Å². The van der Waals surface area contributed by atoms with Crippen molar-refractivity contribution in [1.82, 2.24) is 15.0 Å². The maximum Gasteiger partial charge on any atom is 0.330 e. The Kier molecular flexibility index (Phi) is 9.82. The Balaban J connectivity index is 0. The predicted octanol–water partition coefficient (Wildman–Crippen LogP) is -3.01. The molecule has 1 heterocycles. The maximum absolute atomic E-state index is 10.2. The van der Waals surface area contributed by atoms with Crippen molar-refractivity contribution < 1.29 is 0 Å². The molecule has 2 radical (unpaired) electrons. The molecule has 0 aliphatic rings. The van der Waals surface area contributed by atoms with Crippen LogP contribution in [0, 0.1) is 0 Å². The van der Waals surface area contributed by atoms with Gasteiger partial charge < -0.3 is 0 Å².